The Balaban J connectivity index is 0.717. The first-order valence-electron chi connectivity index (χ1n) is 22.4. The molecule has 2 saturated heterocycles. The number of halogens is 1. The van der Waals surface area contributed by atoms with Gasteiger partial charge in [-0.05, 0) is 55.5 Å². The van der Waals surface area contributed by atoms with Crippen molar-refractivity contribution >= 4 is 86.5 Å². The van der Waals surface area contributed by atoms with Crippen LogP contribution in [0.1, 0.15) is 70.0 Å². The number of imide groups is 2. The zero-order valence-corrected chi connectivity index (χ0v) is 39.5. The molecule has 2 fully saturated rings. The number of carbonyl (C=O) groups is 6. The van der Waals surface area contributed by atoms with Crippen LogP contribution < -0.4 is 21.0 Å². The van der Waals surface area contributed by atoms with Crippen molar-refractivity contribution in [2.24, 2.45) is 4.99 Å². The molecule has 0 bridgehead atoms. The zero-order valence-electron chi connectivity index (χ0n) is 37.9. The fraction of sp³-hybridized carbons (Fsp3) is 0.457. The third-order valence-corrected chi connectivity index (χ3v) is 12.9. The number of thiophene rings is 1. The van der Waals surface area contributed by atoms with Crippen molar-refractivity contribution in [2.75, 3.05) is 95.8 Å². The second kappa shape index (κ2) is 23.4. The lowest BCUT2D eigenvalue weighted by atomic mass is 10.0. The largest absolute Gasteiger partial charge is 0.382 e. The molecule has 362 valence electrons. The summed E-state index contributed by atoms with van der Waals surface area (Å²) in [4.78, 5) is 85.7. The number of amidine groups is 2. The minimum atomic E-state index is -1.03. The SMILES string of the molecule is CC(=N)N1C(=N)[C@H](CC(=O)N2CCN(NC(=O)CCOCCOCCOCCOCCNc3cccc4c3C(=O)N(C3CCC(=O)NC3=O)C4=O)CC2)N=C(c2ccc(Cl)cc2)c2c(C)csc21. The summed E-state index contributed by atoms with van der Waals surface area (Å²) < 4.78 is 22.3. The maximum atomic E-state index is 13.7. The second-order valence-electron chi connectivity index (χ2n) is 16.3. The van der Waals surface area contributed by atoms with E-state index in [9.17, 15) is 28.8 Å². The van der Waals surface area contributed by atoms with Crippen molar-refractivity contribution in [2.45, 2.75) is 51.6 Å². The Morgan fingerprint density at radius 3 is 2.21 bits per heavy atom. The van der Waals surface area contributed by atoms with Crippen LogP contribution in [0.4, 0.5) is 10.7 Å². The summed E-state index contributed by atoms with van der Waals surface area (Å²) in [6.45, 7) is 8.08. The van der Waals surface area contributed by atoms with Crippen LogP contribution in [-0.4, -0.2) is 165 Å². The van der Waals surface area contributed by atoms with Gasteiger partial charge < -0.3 is 29.2 Å². The van der Waals surface area contributed by atoms with Gasteiger partial charge in [0.15, 0.2) is 0 Å². The zero-order chi connectivity index (χ0) is 48.3. The van der Waals surface area contributed by atoms with E-state index in [0.29, 0.717) is 95.4 Å². The molecule has 0 spiro atoms. The summed E-state index contributed by atoms with van der Waals surface area (Å²) in [6, 6.07) is 10.3. The maximum absolute atomic E-state index is 13.7. The van der Waals surface area contributed by atoms with Crippen LogP contribution in [-0.2, 0) is 38.1 Å². The van der Waals surface area contributed by atoms with E-state index in [2.05, 4.69) is 16.1 Å². The van der Waals surface area contributed by atoms with Crippen molar-refractivity contribution in [1.29, 1.82) is 10.8 Å². The lowest BCUT2D eigenvalue weighted by Gasteiger charge is -2.35. The molecule has 6 amide bonds. The number of anilines is 2. The molecule has 5 N–H and O–H groups in total. The number of rotatable bonds is 21. The molecule has 2 aromatic carbocycles. The number of piperazine rings is 1. The number of hydrazine groups is 1. The summed E-state index contributed by atoms with van der Waals surface area (Å²) in [6.07, 6.45) is 0.239. The molecule has 2 atom stereocenters. The lowest BCUT2D eigenvalue weighted by molar-refractivity contribution is -0.137. The van der Waals surface area contributed by atoms with Gasteiger partial charge in [-0.3, -0.25) is 65.1 Å². The van der Waals surface area contributed by atoms with Crippen LogP contribution in [0, 0.1) is 17.7 Å². The molecule has 7 rings (SSSR count). The Morgan fingerprint density at radius 1 is 0.882 bits per heavy atom. The van der Waals surface area contributed by atoms with Crippen LogP contribution in [0.5, 0.6) is 0 Å². The highest BCUT2D eigenvalue weighted by Crippen LogP contribution is 2.38. The molecule has 1 aromatic heterocycles. The molecule has 0 radical (unpaired) electrons. The number of amides is 6. The summed E-state index contributed by atoms with van der Waals surface area (Å²) in [5.74, 6) is -2.37. The van der Waals surface area contributed by atoms with Gasteiger partial charge in [-0.25, -0.2) is 5.01 Å². The van der Waals surface area contributed by atoms with Gasteiger partial charge >= 0.3 is 0 Å². The summed E-state index contributed by atoms with van der Waals surface area (Å²) in [5, 5.41) is 28.0. The molecule has 0 saturated carbocycles. The number of hydrogen-bond donors (Lipinski definition) is 5. The third-order valence-electron chi connectivity index (χ3n) is 11.6. The first-order chi connectivity index (χ1) is 32.8. The Bertz CT molecular complexity index is 2440. The summed E-state index contributed by atoms with van der Waals surface area (Å²) in [7, 11) is 0. The lowest BCUT2D eigenvalue weighted by Crippen LogP contribution is -2.55. The van der Waals surface area contributed by atoms with E-state index in [1.165, 1.54) is 17.4 Å². The summed E-state index contributed by atoms with van der Waals surface area (Å²) in [5.41, 5.74) is 6.99. The number of fused-ring (bicyclic) bond motifs is 2. The van der Waals surface area contributed by atoms with Gasteiger partial charge in [0.1, 0.15) is 28.8 Å². The minimum Gasteiger partial charge on any atom is -0.382 e. The number of ether oxygens (including phenoxy) is 4. The molecule has 0 aliphatic carbocycles. The molecule has 68 heavy (non-hydrogen) atoms. The normalized spacial score (nSPS) is 18.5. The van der Waals surface area contributed by atoms with Crippen molar-refractivity contribution in [3.8, 4) is 0 Å². The number of carbonyl (C=O) groups excluding carboxylic acids is 6. The highest BCUT2D eigenvalue weighted by atomic mass is 35.5. The molecular formula is C46H55ClN10O10S. The van der Waals surface area contributed by atoms with E-state index in [4.69, 9.17) is 46.4 Å². The van der Waals surface area contributed by atoms with Crippen molar-refractivity contribution in [3.05, 3.63) is 80.7 Å². The number of nitrogens with zero attached hydrogens (tertiary/aromatic N) is 5. The van der Waals surface area contributed by atoms with Crippen LogP contribution in [0.15, 0.2) is 52.8 Å². The Labute approximate surface area is 402 Å². The van der Waals surface area contributed by atoms with Crippen molar-refractivity contribution in [1.82, 2.24) is 25.6 Å². The van der Waals surface area contributed by atoms with Gasteiger partial charge in [0.2, 0.25) is 23.6 Å². The van der Waals surface area contributed by atoms with E-state index < -0.39 is 35.7 Å². The predicted molar refractivity (Wildman–Crippen MR) is 254 cm³/mol. The predicted octanol–water partition coefficient (Wildman–Crippen LogP) is 3.25. The Hall–Kier alpha value is -5.94. The van der Waals surface area contributed by atoms with Crippen LogP contribution in [0.25, 0.3) is 0 Å². The molecular weight excluding hydrogens is 920 g/mol. The Kier molecular flexibility index (Phi) is 17.2. The highest BCUT2D eigenvalue weighted by Gasteiger charge is 2.45. The number of benzene rings is 2. The van der Waals surface area contributed by atoms with Crippen molar-refractivity contribution in [3.63, 3.8) is 0 Å². The fourth-order valence-electron chi connectivity index (χ4n) is 8.17. The van der Waals surface area contributed by atoms with Crippen LogP contribution >= 0.6 is 22.9 Å². The number of nitrogens with one attached hydrogen (secondary N) is 5. The number of aliphatic imine (C=N–C) groups is 1. The molecule has 4 aliphatic heterocycles. The van der Waals surface area contributed by atoms with E-state index >= 15 is 0 Å². The molecule has 22 heteroatoms. The van der Waals surface area contributed by atoms with Gasteiger partial charge in [-0.2, -0.15) is 0 Å². The monoisotopic (exact) mass is 974 g/mol. The number of piperidine rings is 1. The molecule has 1 unspecified atom stereocenters. The quantitative estimate of drug-likeness (QED) is 0.0446. The van der Waals surface area contributed by atoms with E-state index in [0.717, 1.165) is 26.6 Å². The first-order valence-corrected chi connectivity index (χ1v) is 23.7. The topological polar surface area (TPSA) is 248 Å². The van der Waals surface area contributed by atoms with Gasteiger partial charge in [-0.15, -0.1) is 11.3 Å². The molecule has 3 aromatic rings. The van der Waals surface area contributed by atoms with Crippen molar-refractivity contribution < 1.29 is 47.7 Å². The van der Waals surface area contributed by atoms with Gasteiger partial charge in [0, 0.05) is 61.0 Å². The van der Waals surface area contributed by atoms with E-state index in [1.807, 2.05) is 24.4 Å². The smallest absolute Gasteiger partial charge is 0.264 e. The second-order valence-corrected chi connectivity index (χ2v) is 17.6. The minimum absolute atomic E-state index is 0.0442. The molecule has 5 heterocycles. The van der Waals surface area contributed by atoms with Crippen LogP contribution in [0.2, 0.25) is 5.02 Å². The number of aryl methyl sites for hydroxylation is 1. The summed E-state index contributed by atoms with van der Waals surface area (Å²) >= 11 is 7.63. The Morgan fingerprint density at radius 2 is 1.54 bits per heavy atom. The first kappa shape index (κ1) is 50.0. The molecule has 20 nitrogen and oxygen atoms in total. The van der Waals surface area contributed by atoms with E-state index in [-0.39, 0.29) is 66.9 Å². The van der Waals surface area contributed by atoms with Gasteiger partial charge in [-0.1, -0.05) is 29.8 Å². The highest BCUT2D eigenvalue weighted by molar-refractivity contribution is 7.15. The third kappa shape index (κ3) is 12.0. The fourth-order valence-corrected chi connectivity index (χ4v) is 9.41. The number of hydrogen-bond acceptors (Lipinski definition) is 16. The average molecular weight is 976 g/mol. The van der Waals surface area contributed by atoms with Crippen LogP contribution in [0.3, 0.4) is 0 Å². The standard InChI is InChI=1S/C46H55ClN10O10S/c1-28-27-68-46-39(28)41(30-6-8-31(47)9-7-30)51-34(42(49)56(46)29(2)48)26-38(60)54-14-16-55(17-15-54)53-37(59)12-18-64-20-22-66-24-25-67-23-21-65-19-13-50-33-5-3-4-32-40(33)45(63)57(44(32)62)35-10-11-36(58)52-43(35)61/h3-9,27,34-35,48-50H,10-26H2,1-2H3,(H,53,59)(H,52,58,61)/t34-,35?/m0/s1. The maximum Gasteiger partial charge on any atom is 0.264 e. The van der Waals surface area contributed by atoms with Gasteiger partial charge in [0.05, 0.1) is 82.5 Å². The van der Waals surface area contributed by atoms with E-state index in [1.54, 1.807) is 46.0 Å². The van der Waals surface area contributed by atoms with Gasteiger partial charge in [0.25, 0.3) is 11.8 Å². The average Bonchev–Trinajstić information content (AvgIpc) is 3.76. The molecule has 4 aliphatic rings.